The molecule has 0 spiro atoms. The minimum atomic E-state index is 0.485. The predicted octanol–water partition coefficient (Wildman–Crippen LogP) is 2.20. The van der Waals surface area contributed by atoms with Gasteiger partial charge < -0.3 is 9.57 Å². The zero-order valence-corrected chi connectivity index (χ0v) is 9.93. The first-order chi connectivity index (χ1) is 6.70. The van der Waals surface area contributed by atoms with Crippen LogP contribution in [0, 0.1) is 6.92 Å². The Morgan fingerprint density at radius 2 is 2.14 bits per heavy atom. The Bertz CT molecular complexity index is 315. The summed E-state index contributed by atoms with van der Waals surface area (Å²) < 4.78 is 6.35. The molecule has 0 saturated heterocycles. The van der Waals surface area contributed by atoms with Gasteiger partial charge in [-0.1, -0.05) is 22.0 Å². The molecule has 1 aromatic rings. The summed E-state index contributed by atoms with van der Waals surface area (Å²) in [5, 5.41) is 0. The number of aryl methyl sites for hydroxylation is 1. The summed E-state index contributed by atoms with van der Waals surface area (Å²) in [6, 6.07) is 4.01. The van der Waals surface area contributed by atoms with Crippen LogP contribution in [0.25, 0.3) is 0 Å². The first-order valence-electron chi connectivity index (χ1n) is 4.34. The second-order valence-corrected chi connectivity index (χ2v) is 3.85. The van der Waals surface area contributed by atoms with Crippen molar-refractivity contribution in [1.29, 1.82) is 0 Å². The normalized spacial score (nSPS) is 10.3. The first kappa shape index (κ1) is 11.5. The first-order valence-corrected chi connectivity index (χ1v) is 5.13. The van der Waals surface area contributed by atoms with Crippen molar-refractivity contribution in [2.24, 2.45) is 5.90 Å². The van der Waals surface area contributed by atoms with Crippen LogP contribution in [0.1, 0.15) is 11.1 Å². The van der Waals surface area contributed by atoms with Crippen LogP contribution >= 0.6 is 15.9 Å². The highest BCUT2D eigenvalue weighted by Gasteiger charge is 2.09. The molecule has 78 valence electrons. The Labute approximate surface area is 92.3 Å². The van der Waals surface area contributed by atoms with Gasteiger partial charge in [-0.15, -0.1) is 0 Å². The van der Waals surface area contributed by atoms with Crippen molar-refractivity contribution in [3.63, 3.8) is 0 Å². The maximum absolute atomic E-state index is 5.33. The van der Waals surface area contributed by atoms with Gasteiger partial charge in [0.1, 0.15) is 5.75 Å². The second-order valence-electron chi connectivity index (χ2n) is 3.00. The van der Waals surface area contributed by atoms with Crippen molar-refractivity contribution in [2.75, 3.05) is 13.7 Å². The van der Waals surface area contributed by atoms with Crippen molar-refractivity contribution in [3.05, 3.63) is 27.7 Å². The van der Waals surface area contributed by atoms with Gasteiger partial charge in [0.05, 0.1) is 13.7 Å². The Morgan fingerprint density at radius 3 is 2.71 bits per heavy atom. The number of benzene rings is 1. The van der Waals surface area contributed by atoms with E-state index in [1.165, 1.54) is 0 Å². The minimum absolute atomic E-state index is 0.485. The summed E-state index contributed by atoms with van der Waals surface area (Å²) in [6.45, 7) is 2.50. The monoisotopic (exact) mass is 259 g/mol. The van der Waals surface area contributed by atoms with E-state index in [4.69, 9.17) is 10.6 Å². The molecule has 2 N–H and O–H groups in total. The van der Waals surface area contributed by atoms with Crippen LogP contribution in [0.2, 0.25) is 0 Å². The second kappa shape index (κ2) is 5.34. The molecule has 0 aliphatic carbocycles. The van der Waals surface area contributed by atoms with Crippen molar-refractivity contribution in [3.8, 4) is 5.75 Å². The molecule has 1 rings (SSSR count). The average Bonchev–Trinajstić information content (AvgIpc) is 2.19. The van der Waals surface area contributed by atoms with E-state index < -0.39 is 0 Å². The summed E-state index contributed by atoms with van der Waals surface area (Å²) in [6.07, 6.45) is 0.738. The number of ether oxygens (including phenoxy) is 1. The Morgan fingerprint density at radius 1 is 1.43 bits per heavy atom. The van der Waals surface area contributed by atoms with Crippen molar-refractivity contribution in [2.45, 2.75) is 13.3 Å². The lowest BCUT2D eigenvalue weighted by molar-refractivity contribution is 0.140. The zero-order chi connectivity index (χ0) is 10.6. The zero-order valence-electron chi connectivity index (χ0n) is 8.34. The molecule has 0 fully saturated rings. The van der Waals surface area contributed by atoms with E-state index in [-0.39, 0.29) is 0 Å². The fourth-order valence-corrected chi connectivity index (χ4v) is 1.91. The maximum Gasteiger partial charge on any atom is 0.126 e. The number of rotatable bonds is 4. The number of halogens is 1. The van der Waals surface area contributed by atoms with E-state index in [0.29, 0.717) is 6.61 Å². The summed E-state index contributed by atoms with van der Waals surface area (Å²) in [5.41, 5.74) is 2.21. The van der Waals surface area contributed by atoms with Gasteiger partial charge in [-0.25, -0.2) is 5.90 Å². The van der Waals surface area contributed by atoms with Crippen LogP contribution < -0.4 is 10.6 Å². The number of hydrogen-bond acceptors (Lipinski definition) is 3. The average molecular weight is 260 g/mol. The van der Waals surface area contributed by atoms with E-state index in [1.807, 2.05) is 19.1 Å². The largest absolute Gasteiger partial charge is 0.496 e. The molecular formula is C10H14BrNO2. The van der Waals surface area contributed by atoms with Crippen molar-refractivity contribution >= 4 is 15.9 Å². The lowest BCUT2D eigenvalue weighted by Gasteiger charge is -2.12. The van der Waals surface area contributed by atoms with Crippen LogP contribution in [0.3, 0.4) is 0 Å². The smallest absolute Gasteiger partial charge is 0.126 e. The molecule has 0 aliphatic heterocycles. The third kappa shape index (κ3) is 2.47. The maximum atomic E-state index is 5.33. The molecule has 0 bridgehead atoms. The van der Waals surface area contributed by atoms with Gasteiger partial charge in [0, 0.05) is 16.5 Å². The molecule has 0 unspecified atom stereocenters. The van der Waals surface area contributed by atoms with Crippen molar-refractivity contribution in [1.82, 2.24) is 0 Å². The predicted molar refractivity (Wildman–Crippen MR) is 59.3 cm³/mol. The number of hydrogen-bond donors (Lipinski definition) is 1. The molecule has 14 heavy (non-hydrogen) atoms. The molecule has 0 aromatic heterocycles. The molecule has 0 atom stereocenters. The number of nitrogens with two attached hydrogens (primary N) is 1. The van der Waals surface area contributed by atoms with Crippen molar-refractivity contribution < 1.29 is 9.57 Å². The summed E-state index contributed by atoms with van der Waals surface area (Å²) >= 11 is 3.48. The SMILES string of the molecule is COc1c(C)ccc(Br)c1CCON. The third-order valence-corrected chi connectivity index (χ3v) is 2.82. The highest BCUT2D eigenvalue weighted by Crippen LogP contribution is 2.30. The third-order valence-electron chi connectivity index (χ3n) is 2.07. The quantitative estimate of drug-likeness (QED) is 0.844. The molecule has 0 aliphatic rings. The molecule has 0 saturated carbocycles. The van der Waals surface area contributed by atoms with E-state index in [1.54, 1.807) is 7.11 Å². The molecule has 4 heteroatoms. The lowest BCUT2D eigenvalue weighted by Crippen LogP contribution is -2.06. The summed E-state index contributed by atoms with van der Waals surface area (Å²) in [7, 11) is 1.67. The van der Waals surface area contributed by atoms with Gasteiger partial charge in [0.2, 0.25) is 0 Å². The van der Waals surface area contributed by atoms with Crippen LogP contribution in [-0.4, -0.2) is 13.7 Å². The standard InChI is InChI=1S/C10H14BrNO2/c1-7-3-4-9(11)8(5-6-14-12)10(7)13-2/h3-4H,5-6,12H2,1-2H3. The Kier molecular flexibility index (Phi) is 4.38. The number of methoxy groups -OCH3 is 1. The van der Waals surface area contributed by atoms with Gasteiger partial charge in [-0.3, -0.25) is 0 Å². The highest BCUT2D eigenvalue weighted by molar-refractivity contribution is 9.10. The van der Waals surface area contributed by atoms with E-state index >= 15 is 0 Å². The van der Waals surface area contributed by atoms with Crippen LogP contribution in [-0.2, 0) is 11.3 Å². The van der Waals surface area contributed by atoms with Gasteiger partial charge in [-0.05, 0) is 18.6 Å². The van der Waals surface area contributed by atoms with E-state index in [0.717, 1.165) is 27.8 Å². The summed E-state index contributed by atoms with van der Waals surface area (Å²) in [4.78, 5) is 4.56. The van der Waals surface area contributed by atoms with Gasteiger partial charge in [-0.2, -0.15) is 0 Å². The molecule has 0 heterocycles. The molecule has 1 aromatic carbocycles. The fourth-order valence-electron chi connectivity index (χ4n) is 1.40. The molecule has 0 amide bonds. The van der Waals surface area contributed by atoms with E-state index in [2.05, 4.69) is 20.8 Å². The Balaban J connectivity index is 3.03. The van der Waals surface area contributed by atoms with Gasteiger partial charge in [0.15, 0.2) is 0 Å². The van der Waals surface area contributed by atoms with Crippen LogP contribution in [0.15, 0.2) is 16.6 Å². The highest BCUT2D eigenvalue weighted by atomic mass is 79.9. The van der Waals surface area contributed by atoms with Crippen LogP contribution in [0.4, 0.5) is 0 Å². The molecular weight excluding hydrogens is 246 g/mol. The topological polar surface area (TPSA) is 44.5 Å². The Hall–Kier alpha value is -0.580. The lowest BCUT2D eigenvalue weighted by atomic mass is 10.1. The summed E-state index contributed by atoms with van der Waals surface area (Å²) in [5.74, 6) is 5.90. The minimum Gasteiger partial charge on any atom is -0.496 e. The van der Waals surface area contributed by atoms with Gasteiger partial charge in [0.25, 0.3) is 0 Å². The van der Waals surface area contributed by atoms with Crippen LogP contribution in [0.5, 0.6) is 5.75 Å². The fraction of sp³-hybridized carbons (Fsp3) is 0.400. The molecule has 0 radical (unpaired) electrons. The molecule has 3 nitrogen and oxygen atoms in total. The van der Waals surface area contributed by atoms with E-state index in [9.17, 15) is 0 Å². The van der Waals surface area contributed by atoms with Gasteiger partial charge >= 0.3 is 0 Å².